The van der Waals surface area contributed by atoms with Crippen LogP contribution in [0.5, 0.6) is 5.75 Å². The summed E-state index contributed by atoms with van der Waals surface area (Å²) in [6.45, 7) is 2.33. The Morgan fingerprint density at radius 2 is 1.69 bits per heavy atom. The van der Waals surface area contributed by atoms with E-state index in [-0.39, 0.29) is 11.0 Å². The minimum absolute atomic E-state index is 0.270. The Labute approximate surface area is 200 Å². The van der Waals surface area contributed by atoms with E-state index >= 15 is 0 Å². The van der Waals surface area contributed by atoms with Crippen molar-refractivity contribution in [1.29, 1.82) is 0 Å². The van der Waals surface area contributed by atoms with Crippen LogP contribution in [0.3, 0.4) is 0 Å². The molecular weight excluding hydrogens is 442 g/mol. The predicted molar refractivity (Wildman–Crippen MR) is 136 cm³/mol. The normalized spacial score (nSPS) is 14.3. The molecule has 0 aliphatic heterocycles. The van der Waals surface area contributed by atoms with Gasteiger partial charge >= 0.3 is 5.69 Å². The molecule has 0 bridgehead atoms. The van der Waals surface area contributed by atoms with Gasteiger partial charge in [-0.2, -0.15) is 0 Å². The molecule has 0 spiro atoms. The Kier molecular flexibility index (Phi) is 4.66. The lowest BCUT2D eigenvalue weighted by molar-refractivity contribution is 0.225. The zero-order chi connectivity index (χ0) is 24.4. The molecule has 0 fully saturated rings. The molecule has 35 heavy (non-hydrogen) atoms. The Hall–Kier alpha value is -4.23. The second-order valence-electron chi connectivity index (χ2n) is 8.74. The average Bonchev–Trinajstić information content (AvgIpc) is 3.17. The van der Waals surface area contributed by atoms with Crippen LogP contribution in [0.15, 0.2) is 70.3 Å². The van der Waals surface area contributed by atoms with Gasteiger partial charge in [0.15, 0.2) is 5.65 Å². The number of aromatic nitrogens is 3. The number of aliphatic hydroxyl groups is 1. The number of hydrogen-bond donors (Lipinski definition) is 1. The predicted octanol–water partition coefficient (Wildman–Crippen LogP) is 3.91. The molecule has 7 nitrogen and oxygen atoms in total. The standard InChI is InChI=1S/C28H23N3O4/c1-4-35-19-14-13-15-9-5-6-10-16(15)20(19)21-22-24(17-11-7-8-12-18(17)25(22)32)29-26-23(21)27(33)31(3)28(34)30(26)2/h5-14,25,32H,4H2,1-3H3/t25-/m0/s1. The number of nitrogens with zero attached hydrogens (tertiary/aromatic N) is 3. The number of ether oxygens (including phenoxy) is 1. The number of fused-ring (bicyclic) bond motifs is 5. The van der Waals surface area contributed by atoms with Crippen molar-refractivity contribution < 1.29 is 9.84 Å². The number of benzene rings is 3. The summed E-state index contributed by atoms with van der Waals surface area (Å²) in [5, 5.41) is 13.7. The highest BCUT2D eigenvalue weighted by molar-refractivity contribution is 6.09. The van der Waals surface area contributed by atoms with E-state index in [1.807, 2.05) is 67.6 Å². The van der Waals surface area contributed by atoms with Gasteiger partial charge in [-0.05, 0) is 29.3 Å². The van der Waals surface area contributed by atoms with Crippen molar-refractivity contribution in [2.24, 2.45) is 14.1 Å². The number of rotatable bonds is 3. The van der Waals surface area contributed by atoms with Gasteiger partial charge in [-0.15, -0.1) is 0 Å². The van der Waals surface area contributed by atoms with Crippen LogP contribution in [0.4, 0.5) is 0 Å². The third-order valence-corrected chi connectivity index (χ3v) is 6.85. The Bertz CT molecular complexity index is 1800. The largest absolute Gasteiger partial charge is 0.493 e. The summed E-state index contributed by atoms with van der Waals surface area (Å²) in [4.78, 5) is 31.3. The molecule has 1 aliphatic carbocycles. The molecule has 0 radical (unpaired) electrons. The zero-order valence-corrected chi connectivity index (χ0v) is 19.6. The molecule has 6 rings (SSSR count). The summed E-state index contributed by atoms with van der Waals surface area (Å²) in [6.07, 6.45) is -0.983. The van der Waals surface area contributed by atoms with Gasteiger partial charge < -0.3 is 9.84 Å². The van der Waals surface area contributed by atoms with Crippen molar-refractivity contribution in [3.8, 4) is 28.1 Å². The minimum atomic E-state index is -0.983. The summed E-state index contributed by atoms with van der Waals surface area (Å²) in [5.41, 5.74) is 3.20. The molecule has 2 heterocycles. The molecular formula is C28H23N3O4. The van der Waals surface area contributed by atoms with Crippen molar-refractivity contribution in [1.82, 2.24) is 14.1 Å². The van der Waals surface area contributed by atoms with Crippen LogP contribution >= 0.6 is 0 Å². The molecule has 0 unspecified atom stereocenters. The van der Waals surface area contributed by atoms with Crippen molar-refractivity contribution in [2.75, 3.05) is 6.61 Å². The number of hydrogen-bond acceptors (Lipinski definition) is 5. The highest BCUT2D eigenvalue weighted by atomic mass is 16.5. The van der Waals surface area contributed by atoms with Crippen LogP contribution in [0.25, 0.3) is 44.2 Å². The Morgan fingerprint density at radius 3 is 2.49 bits per heavy atom. The highest BCUT2D eigenvalue weighted by Crippen LogP contribution is 2.51. The van der Waals surface area contributed by atoms with Gasteiger partial charge in [0.05, 0.1) is 17.7 Å². The van der Waals surface area contributed by atoms with E-state index in [0.29, 0.717) is 40.3 Å². The van der Waals surface area contributed by atoms with E-state index < -0.39 is 17.4 Å². The third kappa shape index (κ3) is 2.85. The Morgan fingerprint density at radius 1 is 0.943 bits per heavy atom. The van der Waals surface area contributed by atoms with Gasteiger partial charge in [0, 0.05) is 36.3 Å². The third-order valence-electron chi connectivity index (χ3n) is 6.85. The topological polar surface area (TPSA) is 86.4 Å². The van der Waals surface area contributed by atoms with E-state index in [1.165, 1.54) is 11.6 Å². The van der Waals surface area contributed by atoms with E-state index in [2.05, 4.69) is 0 Å². The van der Waals surface area contributed by atoms with Crippen molar-refractivity contribution in [3.63, 3.8) is 0 Å². The molecule has 0 amide bonds. The van der Waals surface area contributed by atoms with Gasteiger partial charge in [-0.3, -0.25) is 13.9 Å². The molecule has 0 saturated heterocycles. The minimum Gasteiger partial charge on any atom is -0.493 e. The molecule has 0 saturated carbocycles. The molecule has 3 aromatic carbocycles. The van der Waals surface area contributed by atoms with Gasteiger partial charge in [0.1, 0.15) is 11.9 Å². The second kappa shape index (κ2) is 7.65. The van der Waals surface area contributed by atoms with E-state index in [1.54, 1.807) is 7.05 Å². The molecule has 7 heteroatoms. The summed E-state index contributed by atoms with van der Waals surface area (Å²) in [7, 11) is 3.07. The molecule has 1 atom stereocenters. The summed E-state index contributed by atoms with van der Waals surface area (Å²) in [6, 6.07) is 19.2. The SMILES string of the molecule is CCOc1ccc2ccccc2c1-c1c2c(nc3c1c(=O)n(C)c(=O)n3C)-c1ccccc1[C@@H]2O. The Balaban J connectivity index is 1.92. The monoisotopic (exact) mass is 465 g/mol. The lowest BCUT2D eigenvalue weighted by Gasteiger charge is -2.20. The molecule has 1 aliphatic rings. The lowest BCUT2D eigenvalue weighted by atomic mass is 9.90. The zero-order valence-electron chi connectivity index (χ0n) is 19.6. The number of aliphatic hydroxyl groups excluding tert-OH is 1. The maximum absolute atomic E-state index is 13.7. The first-order valence-corrected chi connectivity index (χ1v) is 11.5. The van der Waals surface area contributed by atoms with Gasteiger partial charge in [-0.25, -0.2) is 9.78 Å². The van der Waals surface area contributed by atoms with Crippen LogP contribution in [0.2, 0.25) is 0 Å². The molecule has 5 aromatic rings. The maximum atomic E-state index is 13.7. The smallest absolute Gasteiger partial charge is 0.332 e. The second-order valence-corrected chi connectivity index (χ2v) is 8.74. The van der Waals surface area contributed by atoms with Crippen molar-refractivity contribution in [3.05, 3.63) is 92.6 Å². The summed E-state index contributed by atoms with van der Waals surface area (Å²) < 4.78 is 8.54. The van der Waals surface area contributed by atoms with Gasteiger partial charge in [0.25, 0.3) is 5.56 Å². The highest BCUT2D eigenvalue weighted by Gasteiger charge is 2.35. The van der Waals surface area contributed by atoms with Gasteiger partial charge in [0.2, 0.25) is 0 Å². The fourth-order valence-corrected chi connectivity index (χ4v) is 5.23. The average molecular weight is 466 g/mol. The van der Waals surface area contributed by atoms with Crippen LogP contribution in [-0.2, 0) is 14.1 Å². The molecule has 174 valence electrons. The van der Waals surface area contributed by atoms with Crippen LogP contribution < -0.4 is 16.0 Å². The molecule has 2 aromatic heterocycles. The van der Waals surface area contributed by atoms with E-state index in [0.717, 1.165) is 20.9 Å². The van der Waals surface area contributed by atoms with Gasteiger partial charge in [-0.1, -0.05) is 54.6 Å². The first-order valence-electron chi connectivity index (χ1n) is 11.5. The van der Waals surface area contributed by atoms with E-state index in [9.17, 15) is 14.7 Å². The first kappa shape index (κ1) is 21.3. The number of pyridine rings is 1. The first-order chi connectivity index (χ1) is 16.9. The van der Waals surface area contributed by atoms with E-state index in [4.69, 9.17) is 9.72 Å². The fraction of sp³-hybridized carbons (Fsp3) is 0.179. The molecule has 1 N–H and O–H groups in total. The number of aryl methyl sites for hydroxylation is 1. The maximum Gasteiger partial charge on any atom is 0.332 e. The lowest BCUT2D eigenvalue weighted by Crippen LogP contribution is -2.37. The van der Waals surface area contributed by atoms with Crippen molar-refractivity contribution >= 4 is 21.8 Å². The van der Waals surface area contributed by atoms with Crippen LogP contribution in [-0.4, -0.2) is 25.8 Å². The summed E-state index contributed by atoms with van der Waals surface area (Å²) in [5.74, 6) is 0.597. The fourth-order valence-electron chi connectivity index (χ4n) is 5.23. The van der Waals surface area contributed by atoms with Crippen molar-refractivity contribution in [2.45, 2.75) is 13.0 Å². The quantitative estimate of drug-likeness (QED) is 0.437. The van der Waals surface area contributed by atoms with Crippen LogP contribution in [0, 0.1) is 0 Å². The van der Waals surface area contributed by atoms with Crippen LogP contribution in [0.1, 0.15) is 24.2 Å². The summed E-state index contributed by atoms with van der Waals surface area (Å²) >= 11 is 0.